The second-order valence-corrected chi connectivity index (χ2v) is 5.86. The van der Waals surface area contributed by atoms with Crippen LogP contribution in [-0.4, -0.2) is 16.8 Å². The van der Waals surface area contributed by atoms with E-state index in [1.807, 2.05) is 0 Å². The molecule has 0 radical (unpaired) electrons. The third-order valence-corrected chi connectivity index (χ3v) is 4.55. The van der Waals surface area contributed by atoms with Gasteiger partial charge in [0.15, 0.2) is 0 Å². The highest BCUT2D eigenvalue weighted by Gasteiger charge is 2.40. The zero-order valence-electron chi connectivity index (χ0n) is 11.3. The molecule has 0 saturated heterocycles. The molecule has 3 rings (SSSR count). The number of pyridine rings is 1. The molecule has 2 N–H and O–H groups in total. The van der Waals surface area contributed by atoms with Crippen LogP contribution in [-0.2, 0) is 4.79 Å². The Bertz CT molecular complexity index is 503. The third kappa shape index (κ3) is 2.81. The van der Waals surface area contributed by atoms with Crippen LogP contribution in [0.3, 0.4) is 0 Å². The molecule has 20 heavy (non-hydrogen) atoms. The van der Waals surface area contributed by atoms with Gasteiger partial charge in [0, 0.05) is 12.6 Å². The number of fused-ring (bicyclic) bond motifs is 2. The van der Waals surface area contributed by atoms with Gasteiger partial charge >= 0.3 is 0 Å². The maximum absolute atomic E-state index is 11.9. The summed E-state index contributed by atoms with van der Waals surface area (Å²) in [6.45, 7) is 0. The first kappa shape index (κ1) is 13.1. The molecule has 0 spiro atoms. The van der Waals surface area contributed by atoms with Crippen LogP contribution in [0, 0.1) is 17.8 Å². The van der Waals surface area contributed by atoms with Crippen molar-refractivity contribution in [3.63, 3.8) is 0 Å². The van der Waals surface area contributed by atoms with Crippen molar-refractivity contribution in [1.29, 1.82) is 0 Å². The predicted octanol–water partition coefficient (Wildman–Crippen LogP) is 1.67. The smallest absolute Gasteiger partial charge is 0.273 e. The molecule has 2 aliphatic rings. The van der Waals surface area contributed by atoms with Crippen molar-refractivity contribution in [2.45, 2.75) is 32.1 Å². The minimum Gasteiger partial charge on any atom is -0.273 e. The Hall–Kier alpha value is -1.91. The molecule has 2 aliphatic carbocycles. The van der Waals surface area contributed by atoms with Crippen LogP contribution in [0.5, 0.6) is 0 Å². The monoisotopic (exact) mass is 273 g/mol. The molecule has 5 nitrogen and oxygen atoms in total. The summed E-state index contributed by atoms with van der Waals surface area (Å²) in [4.78, 5) is 27.5. The molecule has 1 aromatic heterocycles. The number of carbonyl (C=O) groups is 2. The zero-order chi connectivity index (χ0) is 13.9. The summed E-state index contributed by atoms with van der Waals surface area (Å²) >= 11 is 0. The summed E-state index contributed by atoms with van der Waals surface area (Å²) in [5.74, 6) is 1.57. The summed E-state index contributed by atoms with van der Waals surface area (Å²) in [6.07, 6.45) is 7.13. The molecule has 106 valence electrons. The molecule has 0 aromatic carbocycles. The molecular formula is C15H19N3O2. The lowest BCUT2D eigenvalue weighted by molar-refractivity contribution is -0.123. The number of nitrogens with one attached hydrogen (secondary N) is 2. The first-order valence-corrected chi connectivity index (χ1v) is 7.22. The van der Waals surface area contributed by atoms with Gasteiger partial charge in [-0.1, -0.05) is 12.5 Å². The molecule has 2 saturated carbocycles. The molecular weight excluding hydrogens is 254 g/mol. The van der Waals surface area contributed by atoms with Crippen molar-refractivity contribution in [3.8, 4) is 0 Å². The SMILES string of the molecule is O=C(C[C@@H]1C[C@H]2CC[C@@H]1C2)NNC(=O)c1ccccn1. The van der Waals surface area contributed by atoms with Crippen LogP contribution in [0.1, 0.15) is 42.6 Å². The predicted molar refractivity (Wildman–Crippen MR) is 73.4 cm³/mol. The fraction of sp³-hybridized carbons (Fsp3) is 0.533. The Morgan fingerprint density at radius 1 is 1.20 bits per heavy atom. The average molecular weight is 273 g/mol. The van der Waals surface area contributed by atoms with Gasteiger partial charge in [-0.15, -0.1) is 0 Å². The lowest BCUT2D eigenvalue weighted by Crippen LogP contribution is -2.42. The van der Waals surface area contributed by atoms with Crippen LogP contribution >= 0.6 is 0 Å². The highest BCUT2D eigenvalue weighted by molar-refractivity contribution is 5.93. The molecule has 1 heterocycles. The second kappa shape index (κ2) is 5.61. The first-order chi connectivity index (χ1) is 9.72. The van der Waals surface area contributed by atoms with Gasteiger partial charge < -0.3 is 0 Å². The highest BCUT2D eigenvalue weighted by Crippen LogP contribution is 2.49. The van der Waals surface area contributed by atoms with Crippen LogP contribution in [0.25, 0.3) is 0 Å². The lowest BCUT2D eigenvalue weighted by Gasteiger charge is -2.20. The normalized spacial score (nSPS) is 27.3. The highest BCUT2D eigenvalue weighted by atomic mass is 16.2. The second-order valence-electron chi connectivity index (χ2n) is 5.86. The molecule has 5 heteroatoms. The standard InChI is InChI=1S/C15H19N3O2/c19-14(9-12-8-10-4-5-11(12)7-10)17-18-15(20)13-3-1-2-6-16-13/h1-3,6,10-12H,4-5,7-9H2,(H,17,19)(H,18,20)/t10-,11+,12-/m0/s1. The third-order valence-electron chi connectivity index (χ3n) is 4.55. The number of amides is 2. The minimum absolute atomic E-state index is 0.105. The molecule has 2 bridgehead atoms. The molecule has 3 atom stereocenters. The van der Waals surface area contributed by atoms with Crippen molar-refractivity contribution in [3.05, 3.63) is 30.1 Å². The summed E-state index contributed by atoms with van der Waals surface area (Å²) in [7, 11) is 0. The summed E-state index contributed by atoms with van der Waals surface area (Å²) in [6, 6.07) is 5.08. The number of carbonyl (C=O) groups excluding carboxylic acids is 2. The minimum atomic E-state index is -0.383. The number of nitrogens with zero attached hydrogens (tertiary/aromatic N) is 1. The van der Waals surface area contributed by atoms with Gasteiger partial charge in [-0.25, -0.2) is 0 Å². The van der Waals surface area contributed by atoms with Crippen molar-refractivity contribution < 1.29 is 9.59 Å². The van der Waals surface area contributed by atoms with E-state index in [0.717, 1.165) is 11.8 Å². The van der Waals surface area contributed by atoms with Gasteiger partial charge in [-0.2, -0.15) is 0 Å². The van der Waals surface area contributed by atoms with Crippen LogP contribution in [0.15, 0.2) is 24.4 Å². The molecule has 2 amide bonds. The van der Waals surface area contributed by atoms with Crippen molar-refractivity contribution in [2.24, 2.45) is 17.8 Å². The van der Waals surface area contributed by atoms with Gasteiger partial charge in [0.25, 0.3) is 5.91 Å². The van der Waals surface area contributed by atoms with Crippen LogP contribution < -0.4 is 10.9 Å². The van der Waals surface area contributed by atoms with Crippen molar-refractivity contribution in [2.75, 3.05) is 0 Å². The number of hydrazine groups is 1. The van der Waals surface area contributed by atoms with Crippen LogP contribution in [0.4, 0.5) is 0 Å². The van der Waals surface area contributed by atoms with Crippen LogP contribution in [0.2, 0.25) is 0 Å². The van der Waals surface area contributed by atoms with Gasteiger partial charge in [0.2, 0.25) is 5.91 Å². The Morgan fingerprint density at radius 3 is 2.75 bits per heavy atom. The van der Waals surface area contributed by atoms with Crippen molar-refractivity contribution in [1.82, 2.24) is 15.8 Å². The number of rotatable bonds is 3. The average Bonchev–Trinajstić information content (AvgIpc) is 3.08. The Morgan fingerprint density at radius 2 is 2.10 bits per heavy atom. The van der Waals surface area contributed by atoms with Crippen molar-refractivity contribution >= 4 is 11.8 Å². The van der Waals surface area contributed by atoms with E-state index in [0.29, 0.717) is 18.0 Å². The quantitative estimate of drug-likeness (QED) is 0.823. The van der Waals surface area contributed by atoms with E-state index in [1.54, 1.807) is 24.4 Å². The number of hydrogen-bond donors (Lipinski definition) is 2. The van der Waals surface area contributed by atoms with Gasteiger partial charge in [0.1, 0.15) is 5.69 Å². The maximum atomic E-state index is 11.9. The molecule has 0 aliphatic heterocycles. The van der Waals surface area contributed by atoms with E-state index in [2.05, 4.69) is 15.8 Å². The van der Waals surface area contributed by atoms with E-state index in [9.17, 15) is 9.59 Å². The topological polar surface area (TPSA) is 71.1 Å². The summed E-state index contributed by atoms with van der Waals surface area (Å²) < 4.78 is 0. The summed E-state index contributed by atoms with van der Waals surface area (Å²) in [5, 5.41) is 0. The molecule has 1 aromatic rings. The van der Waals surface area contributed by atoms with E-state index < -0.39 is 0 Å². The van der Waals surface area contributed by atoms with E-state index >= 15 is 0 Å². The van der Waals surface area contributed by atoms with Gasteiger partial charge in [-0.05, 0) is 49.1 Å². The Labute approximate surface area is 118 Å². The Kier molecular flexibility index (Phi) is 3.67. The number of aromatic nitrogens is 1. The number of hydrogen-bond acceptors (Lipinski definition) is 3. The van der Waals surface area contributed by atoms with E-state index in [4.69, 9.17) is 0 Å². The fourth-order valence-corrected chi connectivity index (χ4v) is 3.60. The zero-order valence-corrected chi connectivity index (χ0v) is 11.3. The largest absolute Gasteiger partial charge is 0.288 e. The molecule has 2 fully saturated rings. The fourth-order valence-electron chi connectivity index (χ4n) is 3.60. The lowest BCUT2D eigenvalue weighted by atomic mass is 9.86. The van der Waals surface area contributed by atoms with E-state index in [-0.39, 0.29) is 11.8 Å². The van der Waals surface area contributed by atoms with Gasteiger partial charge in [-0.3, -0.25) is 25.4 Å². The van der Waals surface area contributed by atoms with E-state index in [1.165, 1.54) is 25.7 Å². The van der Waals surface area contributed by atoms with Gasteiger partial charge in [0.05, 0.1) is 0 Å². The summed E-state index contributed by atoms with van der Waals surface area (Å²) in [5.41, 5.74) is 5.20. The Balaban J connectivity index is 1.44. The molecule has 0 unspecified atom stereocenters. The first-order valence-electron chi connectivity index (χ1n) is 7.22. The maximum Gasteiger partial charge on any atom is 0.288 e.